The average Bonchev–Trinajstić information content (AvgIpc) is 3.13. The zero-order valence-corrected chi connectivity index (χ0v) is 18.5. The molecule has 0 fully saturated rings. The Morgan fingerprint density at radius 1 is 1.12 bits per heavy atom. The molecule has 166 valence electrons. The van der Waals surface area contributed by atoms with Crippen LogP contribution in [0.4, 0.5) is 5.69 Å². The third kappa shape index (κ3) is 4.37. The van der Waals surface area contributed by atoms with Crippen LogP contribution in [0.25, 0.3) is 0 Å². The number of fused-ring (bicyclic) bond motifs is 1. The fourth-order valence-corrected chi connectivity index (χ4v) is 3.96. The zero-order chi connectivity index (χ0) is 22.7. The van der Waals surface area contributed by atoms with E-state index in [-0.39, 0.29) is 30.7 Å². The van der Waals surface area contributed by atoms with Crippen LogP contribution in [0.1, 0.15) is 46.3 Å². The first-order chi connectivity index (χ1) is 15.5. The average molecular weight is 434 g/mol. The van der Waals surface area contributed by atoms with E-state index in [2.05, 4.69) is 5.16 Å². The number of para-hydroxylation sites is 2. The van der Waals surface area contributed by atoms with Crippen molar-refractivity contribution >= 4 is 17.6 Å². The monoisotopic (exact) mass is 434 g/mol. The SMILES string of the molecule is Cc1noc(C)c1COc1ccccc1C(=O)OCC(=O)N1c2ccccc2CCC1C. The number of aromatic nitrogens is 1. The highest BCUT2D eigenvalue weighted by Crippen LogP contribution is 2.30. The molecule has 2 heterocycles. The Morgan fingerprint density at radius 2 is 1.88 bits per heavy atom. The van der Waals surface area contributed by atoms with E-state index in [1.165, 1.54) is 0 Å². The number of rotatable bonds is 6. The van der Waals surface area contributed by atoms with Gasteiger partial charge in [-0.1, -0.05) is 35.5 Å². The molecule has 0 saturated carbocycles. The third-order valence-corrected chi connectivity index (χ3v) is 5.78. The number of aryl methyl sites for hydroxylation is 3. The predicted molar refractivity (Wildman–Crippen MR) is 119 cm³/mol. The van der Waals surface area contributed by atoms with Crippen molar-refractivity contribution in [3.8, 4) is 5.75 Å². The van der Waals surface area contributed by atoms with Gasteiger partial charge in [0.2, 0.25) is 0 Å². The van der Waals surface area contributed by atoms with Crippen LogP contribution in [0.15, 0.2) is 53.1 Å². The number of benzene rings is 2. The standard InChI is InChI=1S/C25H26N2O5/c1-16-12-13-19-8-4-6-10-22(19)27(16)24(28)15-31-25(29)20-9-5-7-11-23(20)30-14-21-17(2)26-32-18(21)3/h4-11,16H,12-15H2,1-3H3. The predicted octanol–water partition coefficient (Wildman–Crippen LogP) is 4.40. The van der Waals surface area contributed by atoms with Gasteiger partial charge in [-0.3, -0.25) is 4.79 Å². The summed E-state index contributed by atoms with van der Waals surface area (Å²) < 4.78 is 16.4. The highest BCUT2D eigenvalue weighted by molar-refractivity contribution is 5.99. The number of ether oxygens (including phenoxy) is 2. The van der Waals surface area contributed by atoms with Crippen LogP contribution in [0.3, 0.4) is 0 Å². The molecule has 7 nitrogen and oxygen atoms in total. The van der Waals surface area contributed by atoms with E-state index in [4.69, 9.17) is 14.0 Å². The van der Waals surface area contributed by atoms with Gasteiger partial charge in [-0.2, -0.15) is 0 Å². The third-order valence-electron chi connectivity index (χ3n) is 5.78. The van der Waals surface area contributed by atoms with Gasteiger partial charge >= 0.3 is 5.97 Å². The Hall–Kier alpha value is -3.61. The van der Waals surface area contributed by atoms with Crippen LogP contribution in [0.5, 0.6) is 5.75 Å². The molecule has 1 aliphatic heterocycles. The molecule has 7 heteroatoms. The molecule has 1 unspecified atom stereocenters. The van der Waals surface area contributed by atoms with Crippen LogP contribution in [0, 0.1) is 13.8 Å². The molecule has 1 aromatic heterocycles. The second-order valence-corrected chi connectivity index (χ2v) is 7.94. The van der Waals surface area contributed by atoms with Gasteiger partial charge in [0.05, 0.1) is 11.3 Å². The van der Waals surface area contributed by atoms with Gasteiger partial charge < -0.3 is 18.9 Å². The Morgan fingerprint density at radius 3 is 2.66 bits per heavy atom. The zero-order valence-electron chi connectivity index (χ0n) is 18.5. The van der Waals surface area contributed by atoms with E-state index in [1.807, 2.05) is 45.0 Å². The quantitative estimate of drug-likeness (QED) is 0.535. The molecule has 1 aliphatic rings. The largest absolute Gasteiger partial charge is 0.488 e. The number of esters is 1. The van der Waals surface area contributed by atoms with Crippen molar-refractivity contribution < 1.29 is 23.6 Å². The minimum absolute atomic E-state index is 0.0433. The van der Waals surface area contributed by atoms with E-state index in [0.717, 1.165) is 35.3 Å². The molecule has 2 aromatic carbocycles. The topological polar surface area (TPSA) is 81.9 Å². The molecular weight excluding hydrogens is 408 g/mol. The summed E-state index contributed by atoms with van der Waals surface area (Å²) in [7, 11) is 0. The molecule has 0 aliphatic carbocycles. The number of hydrogen-bond donors (Lipinski definition) is 0. The number of hydrogen-bond acceptors (Lipinski definition) is 6. The van der Waals surface area contributed by atoms with Gasteiger partial charge in [0.15, 0.2) is 6.61 Å². The Balaban J connectivity index is 1.43. The van der Waals surface area contributed by atoms with Crippen LogP contribution in [0.2, 0.25) is 0 Å². The minimum atomic E-state index is -0.606. The first-order valence-corrected chi connectivity index (χ1v) is 10.7. The van der Waals surface area contributed by atoms with E-state index >= 15 is 0 Å². The van der Waals surface area contributed by atoms with Crippen LogP contribution in [-0.4, -0.2) is 29.7 Å². The summed E-state index contributed by atoms with van der Waals surface area (Å²) in [4.78, 5) is 27.4. The van der Waals surface area contributed by atoms with E-state index < -0.39 is 5.97 Å². The summed E-state index contributed by atoms with van der Waals surface area (Å²) in [6, 6.07) is 14.7. The lowest BCUT2D eigenvalue weighted by Gasteiger charge is -2.35. The molecule has 1 atom stereocenters. The van der Waals surface area contributed by atoms with Crippen molar-refractivity contribution in [1.82, 2.24) is 5.16 Å². The lowest BCUT2D eigenvalue weighted by Crippen LogP contribution is -2.44. The molecule has 0 N–H and O–H groups in total. The fraction of sp³-hybridized carbons (Fsp3) is 0.320. The number of carbonyl (C=O) groups is 2. The molecule has 0 spiro atoms. The van der Waals surface area contributed by atoms with Gasteiger partial charge in [-0.05, 0) is 57.4 Å². The van der Waals surface area contributed by atoms with Crippen molar-refractivity contribution in [3.05, 3.63) is 76.7 Å². The van der Waals surface area contributed by atoms with E-state index in [0.29, 0.717) is 11.5 Å². The van der Waals surface area contributed by atoms with Gasteiger partial charge in [-0.15, -0.1) is 0 Å². The summed E-state index contributed by atoms with van der Waals surface area (Å²) in [6.45, 7) is 5.53. The Labute approximate surface area is 186 Å². The molecule has 0 bridgehead atoms. The smallest absolute Gasteiger partial charge is 0.342 e. The van der Waals surface area contributed by atoms with Gasteiger partial charge in [0.1, 0.15) is 23.7 Å². The first-order valence-electron chi connectivity index (χ1n) is 10.7. The van der Waals surface area contributed by atoms with Crippen molar-refractivity contribution in [2.75, 3.05) is 11.5 Å². The van der Waals surface area contributed by atoms with E-state index in [9.17, 15) is 9.59 Å². The van der Waals surface area contributed by atoms with Gasteiger partial charge in [-0.25, -0.2) is 4.79 Å². The number of anilines is 1. The van der Waals surface area contributed by atoms with Gasteiger partial charge in [0.25, 0.3) is 5.91 Å². The maximum Gasteiger partial charge on any atom is 0.342 e. The molecule has 0 saturated heterocycles. The normalized spacial score (nSPS) is 15.2. The maximum atomic E-state index is 12.9. The van der Waals surface area contributed by atoms with Crippen molar-refractivity contribution in [3.63, 3.8) is 0 Å². The molecule has 32 heavy (non-hydrogen) atoms. The van der Waals surface area contributed by atoms with Crippen LogP contribution < -0.4 is 9.64 Å². The first kappa shape index (κ1) is 21.6. The summed E-state index contributed by atoms with van der Waals surface area (Å²) in [5.74, 6) is 0.198. The second-order valence-electron chi connectivity index (χ2n) is 7.94. The highest BCUT2D eigenvalue weighted by Gasteiger charge is 2.29. The summed E-state index contributed by atoms with van der Waals surface area (Å²) in [5.41, 5.74) is 3.85. The summed E-state index contributed by atoms with van der Waals surface area (Å²) in [5, 5.41) is 3.91. The maximum absolute atomic E-state index is 12.9. The summed E-state index contributed by atoms with van der Waals surface area (Å²) in [6.07, 6.45) is 1.80. The Bertz CT molecular complexity index is 1120. The number of nitrogens with zero attached hydrogens (tertiary/aromatic N) is 2. The minimum Gasteiger partial charge on any atom is -0.488 e. The number of carbonyl (C=O) groups excluding carboxylic acids is 2. The molecule has 4 rings (SSSR count). The van der Waals surface area contributed by atoms with Crippen molar-refractivity contribution in [2.45, 2.75) is 46.3 Å². The van der Waals surface area contributed by atoms with Crippen LogP contribution in [-0.2, 0) is 22.6 Å². The van der Waals surface area contributed by atoms with Crippen molar-refractivity contribution in [2.24, 2.45) is 0 Å². The molecule has 0 radical (unpaired) electrons. The fourth-order valence-electron chi connectivity index (χ4n) is 3.96. The van der Waals surface area contributed by atoms with E-state index in [1.54, 1.807) is 29.2 Å². The lowest BCUT2D eigenvalue weighted by atomic mass is 9.96. The lowest BCUT2D eigenvalue weighted by molar-refractivity contribution is -0.122. The number of amides is 1. The van der Waals surface area contributed by atoms with Gasteiger partial charge in [0, 0.05) is 11.7 Å². The summed E-state index contributed by atoms with van der Waals surface area (Å²) >= 11 is 0. The molecule has 3 aromatic rings. The highest BCUT2D eigenvalue weighted by atomic mass is 16.5. The van der Waals surface area contributed by atoms with Crippen LogP contribution >= 0.6 is 0 Å². The van der Waals surface area contributed by atoms with Crippen molar-refractivity contribution in [1.29, 1.82) is 0 Å². The molecular formula is C25H26N2O5. The Kier molecular flexibility index (Phi) is 6.25. The molecule has 1 amide bonds. The second kappa shape index (κ2) is 9.26.